The molecule has 0 saturated heterocycles. The van der Waals surface area contributed by atoms with Crippen LogP contribution in [0.4, 0.5) is 4.79 Å². The largest absolute Gasteiger partial charge is 0.480 e. The summed E-state index contributed by atoms with van der Waals surface area (Å²) in [6.07, 6.45) is 0.195. The first-order valence-corrected chi connectivity index (χ1v) is 5.71. The van der Waals surface area contributed by atoms with Crippen LogP contribution in [0.3, 0.4) is 0 Å². The summed E-state index contributed by atoms with van der Waals surface area (Å²) < 4.78 is 9.68. The molecule has 0 aliphatic rings. The number of rotatable bonds is 7. The van der Waals surface area contributed by atoms with Gasteiger partial charge in [-0.25, -0.2) is 9.59 Å². The highest BCUT2D eigenvalue weighted by Gasteiger charge is 2.19. The number of carboxylic acids is 1. The maximum Gasteiger partial charge on any atom is 0.326 e. The number of aromatic nitrogens is 1. The molecule has 1 atom stereocenters. The van der Waals surface area contributed by atoms with E-state index < -0.39 is 18.0 Å². The second-order valence-electron chi connectivity index (χ2n) is 3.93. The Balaban J connectivity index is 2.37. The molecule has 8 heteroatoms. The maximum absolute atomic E-state index is 11.5. The van der Waals surface area contributed by atoms with Crippen LogP contribution in [-0.2, 0) is 16.1 Å². The third kappa shape index (κ3) is 5.38. The molecule has 2 amide bonds. The average molecular weight is 271 g/mol. The SMILES string of the molecule is COCCC(NC(=O)NCc1cc(C)no1)C(=O)O. The minimum absolute atomic E-state index is 0.142. The lowest BCUT2D eigenvalue weighted by Crippen LogP contribution is -2.46. The minimum atomic E-state index is -1.11. The molecule has 3 N–H and O–H groups in total. The fraction of sp³-hybridized carbons (Fsp3) is 0.545. The monoisotopic (exact) mass is 271 g/mol. The van der Waals surface area contributed by atoms with Crippen molar-refractivity contribution >= 4 is 12.0 Å². The van der Waals surface area contributed by atoms with E-state index in [1.807, 2.05) is 0 Å². The van der Waals surface area contributed by atoms with Crippen molar-refractivity contribution in [2.24, 2.45) is 0 Å². The molecule has 1 unspecified atom stereocenters. The van der Waals surface area contributed by atoms with Gasteiger partial charge in [-0.1, -0.05) is 5.16 Å². The van der Waals surface area contributed by atoms with E-state index in [1.165, 1.54) is 7.11 Å². The first kappa shape index (κ1) is 15.0. The van der Waals surface area contributed by atoms with Gasteiger partial charge in [-0.05, 0) is 6.92 Å². The number of carbonyl (C=O) groups excluding carboxylic acids is 1. The predicted octanol–water partition coefficient (Wildman–Crippen LogP) is 0.272. The summed E-state index contributed by atoms with van der Waals surface area (Å²) in [4.78, 5) is 22.4. The van der Waals surface area contributed by atoms with E-state index in [2.05, 4.69) is 15.8 Å². The van der Waals surface area contributed by atoms with Crippen LogP contribution >= 0.6 is 0 Å². The number of amides is 2. The van der Waals surface area contributed by atoms with Crippen LogP contribution in [0.1, 0.15) is 17.9 Å². The van der Waals surface area contributed by atoms with E-state index >= 15 is 0 Å². The van der Waals surface area contributed by atoms with Crippen molar-refractivity contribution in [1.82, 2.24) is 15.8 Å². The van der Waals surface area contributed by atoms with Gasteiger partial charge in [0.05, 0.1) is 12.2 Å². The third-order valence-corrected chi connectivity index (χ3v) is 2.31. The molecule has 0 aromatic carbocycles. The van der Waals surface area contributed by atoms with Crippen molar-refractivity contribution in [3.05, 3.63) is 17.5 Å². The number of aliphatic carboxylic acids is 1. The highest BCUT2D eigenvalue weighted by Crippen LogP contribution is 2.01. The molecule has 0 aliphatic carbocycles. The van der Waals surface area contributed by atoms with E-state index in [9.17, 15) is 9.59 Å². The molecule has 8 nitrogen and oxygen atoms in total. The van der Waals surface area contributed by atoms with Crippen LogP contribution in [0.2, 0.25) is 0 Å². The van der Waals surface area contributed by atoms with Crippen LogP contribution in [0.15, 0.2) is 10.6 Å². The Kier molecular flexibility index (Phi) is 5.80. The molecule has 0 radical (unpaired) electrons. The van der Waals surface area contributed by atoms with Gasteiger partial charge in [0, 0.05) is 26.2 Å². The Morgan fingerprint density at radius 3 is 2.84 bits per heavy atom. The van der Waals surface area contributed by atoms with Gasteiger partial charge in [-0.15, -0.1) is 0 Å². The van der Waals surface area contributed by atoms with Crippen molar-refractivity contribution in [2.45, 2.75) is 25.9 Å². The van der Waals surface area contributed by atoms with Gasteiger partial charge in [-0.3, -0.25) is 0 Å². The number of hydrogen-bond donors (Lipinski definition) is 3. The number of hydrogen-bond acceptors (Lipinski definition) is 5. The molecular weight excluding hydrogens is 254 g/mol. The van der Waals surface area contributed by atoms with Crippen molar-refractivity contribution in [3.8, 4) is 0 Å². The number of urea groups is 1. The van der Waals surface area contributed by atoms with Gasteiger partial charge in [-0.2, -0.15) is 0 Å². The van der Waals surface area contributed by atoms with Crippen LogP contribution in [0.25, 0.3) is 0 Å². The Hall–Kier alpha value is -2.09. The van der Waals surface area contributed by atoms with Crippen molar-refractivity contribution in [3.63, 3.8) is 0 Å². The minimum Gasteiger partial charge on any atom is -0.480 e. The molecule has 0 saturated carbocycles. The quantitative estimate of drug-likeness (QED) is 0.656. The summed E-state index contributed by atoms with van der Waals surface area (Å²) in [6.45, 7) is 2.15. The molecule has 1 heterocycles. The van der Waals surface area contributed by atoms with Crippen LogP contribution in [-0.4, -0.2) is 42.0 Å². The Morgan fingerprint density at radius 1 is 1.58 bits per heavy atom. The molecule has 19 heavy (non-hydrogen) atoms. The highest BCUT2D eigenvalue weighted by molar-refractivity contribution is 5.82. The van der Waals surface area contributed by atoms with Gasteiger partial charge in [0.2, 0.25) is 0 Å². The number of methoxy groups -OCH3 is 1. The smallest absolute Gasteiger partial charge is 0.326 e. The fourth-order valence-electron chi connectivity index (χ4n) is 1.37. The van der Waals surface area contributed by atoms with E-state index in [4.69, 9.17) is 14.4 Å². The summed E-state index contributed by atoms with van der Waals surface area (Å²) in [5.41, 5.74) is 0.709. The van der Waals surface area contributed by atoms with Gasteiger partial charge in [0.1, 0.15) is 6.04 Å². The number of nitrogens with zero attached hydrogens (tertiary/aromatic N) is 1. The van der Waals surface area contributed by atoms with Gasteiger partial charge >= 0.3 is 12.0 Å². The molecule has 0 aliphatic heterocycles. The number of nitrogens with one attached hydrogen (secondary N) is 2. The molecule has 0 fully saturated rings. The zero-order valence-corrected chi connectivity index (χ0v) is 10.8. The number of ether oxygens (including phenoxy) is 1. The lowest BCUT2D eigenvalue weighted by molar-refractivity contribution is -0.139. The summed E-state index contributed by atoms with van der Waals surface area (Å²) in [6, 6.07) is 0.105. The first-order valence-electron chi connectivity index (χ1n) is 5.71. The summed E-state index contributed by atoms with van der Waals surface area (Å²) >= 11 is 0. The lowest BCUT2D eigenvalue weighted by Gasteiger charge is -2.14. The number of carbonyl (C=O) groups is 2. The normalized spacial score (nSPS) is 11.9. The molecule has 0 spiro atoms. The average Bonchev–Trinajstić information content (AvgIpc) is 2.77. The summed E-state index contributed by atoms with van der Waals surface area (Å²) in [5, 5.41) is 17.4. The molecule has 0 bridgehead atoms. The number of carboxylic acid groups (broad SMARTS) is 1. The van der Waals surface area contributed by atoms with Crippen LogP contribution in [0.5, 0.6) is 0 Å². The Bertz CT molecular complexity index is 432. The van der Waals surface area contributed by atoms with Crippen molar-refractivity contribution in [1.29, 1.82) is 0 Å². The maximum atomic E-state index is 11.5. The third-order valence-electron chi connectivity index (χ3n) is 2.31. The van der Waals surface area contributed by atoms with Crippen LogP contribution < -0.4 is 10.6 Å². The Morgan fingerprint density at radius 2 is 2.32 bits per heavy atom. The summed E-state index contributed by atoms with van der Waals surface area (Å²) in [5.74, 6) is -0.612. The van der Waals surface area contributed by atoms with Crippen molar-refractivity contribution in [2.75, 3.05) is 13.7 Å². The number of aryl methyl sites for hydroxylation is 1. The van der Waals surface area contributed by atoms with Gasteiger partial charge in [0.25, 0.3) is 0 Å². The van der Waals surface area contributed by atoms with E-state index in [0.717, 1.165) is 0 Å². The van der Waals surface area contributed by atoms with Gasteiger partial charge in [0.15, 0.2) is 5.76 Å². The van der Waals surface area contributed by atoms with E-state index in [0.29, 0.717) is 11.5 Å². The Labute approximate surface area is 110 Å². The molecule has 1 rings (SSSR count). The molecule has 1 aromatic heterocycles. The highest BCUT2D eigenvalue weighted by atomic mass is 16.5. The molecule has 1 aromatic rings. The van der Waals surface area contributed by atoms with Crippen LogP contribution in [0, 0.1) is 6.92 Å². The lowest BCUT2D eigenvalue weighted by atomic mass is 10.2. The second kappa shape index (κ2) is 7.37. The first-order chi connectivity index (χ1) is 9.02. The standard InChI is InChI=1S/C11H17N3O5/c1-7-5-8(19-14-7)6-12-11(17)13-9(10(15)16)3-4-18-2/h5,9H,3-4,6H2,1-2H3,(H,15,16)(H2,12,13,17). The predicted molar refractivity (Wildman–Crippen MR) is 64.5 cm³/mol. The van der Waals surface area contributed by atoms with E-state index in [1.54, 1.807) is 13.0 Å². The topological polar surface area (TPSA) is 114 Å². The zero-order valence-electron chi connectivity index (χ0n) is 10.8. The van der Waals surface area contributed by atoms with Crippen molar-refractivity contribution < 1.29 is 24.0 Å². The molecular formula is C11H17N3O5. The van der Waals surface area contributed by atoms with E-state index in [-0.39, 0.29) is 19.6 Å². The zero-order chi connectivity index (χ0) is 14.3. The fourth-order valence-corrected chi connectivity index (χ4v) is 1.37. The van der Waals surface area contributed by atoms with Gasteiger partial charge < -0.3 is 25.0 Å². The second-order valence-corrected chi connectivity index (χ2v) is 3.93. The summed E-state index contributed by atoms with van der Waals surface area (Å²) in [7, 11) is 1.46. The molecule has 106 valence electrons.